The van der Waals surface area contributed by atoms with E-state index in [2.05, 4.69) is 0 Å². The van der Waals surface area contributed by atoms with Crippen molar-refractivity contribution in [2.75, 3.05) is 52.6 Å². The van der Waals surface area contributed by atoms with Crippen LogP contribution in [0.3, 0.4) is 0 Å². The fourth-order valence-corrected chi connectivity index (χ4v) is 4.41. The summed E-state index contributed by atoms with van der Waals surface area (Å²) >= 11 is 0. The van der Waals surface area contributed by atoms with Crippen LogP contribution < -0.4 is 0 Å². The largest absolute Gasteiger partial charge is 0.340 e. The summed E-state index contributed by atoms with van der Waals surface area (Å²) in [4.78, 5) is 15.9. The minimum atomic E-state index is -3.24. The van der Waals surface area contributed by atoms with Crippen LogP contribution in [0.15, 0.2) is 30.3 Å². The van der Waals surface area contributed by atoms with Gasteiger partial charge in [-0.3, -0.25) is 4.79 Å². The number of piperazine rings is 1. The molecule has 140 valence electrons. The lowest BCUT2D eigenvalue weighted by Gasteiger charge is -2.34. The predicted octanol–water partition coefficient (Wildman–Crippen LogP) is 1.04. The Labute approximate surface area is 151 Å². The van der Waals surface area contributed by atoms with Gasteiger partial charge in [-0.25, -0.2) is 8.42 Å². The molecule has 0 bridgehead atoms. The van der Waals surface area contributed by atoms with Crippen LogP contribution in [0.1, 0.15) is 18.4 Å². The summed E-state index contributed by atoms with van der Waals surface area (Å²) in [5.74, 6) is 0.269. The number of amides is 1. The van der Waals surface area contributed by atoms with E-state index in [1.165, 1.54) is 4.31 Å². The zero-order valence-electron chi connectivity index (χ0n) is 15.2. The Morgan fingerprint density at radius 1 is 1.08 bits per heavy atom. The minimum absolute atomic E-state index is 0.106. The third-order valence-electron chi connectivity index (χ3n) is 4.47. The van der Waals surface area contributed by atoms with Crippen molar-refractivity contribution in [3.63, 3.8) is 0 Å². The second-order valence-electron chi connectivity index (χ2n) is 6.74. The van der Waals surface area contributed by atoms with Gasteiger partial charge in [-0.05, 0) is 32.5 Å². The van der Waals surface area contributed by atoms with E-state index in [9.17, 15) is 13.2 Å². The Hall–Kier alpha value is -1.44. The van der Waals surface area contributed by atoms with E-state index in [1.807, 2.05) is 49.3 Å². The standard InChI is InChI=1S/C18H29N3O3S/c1-19(2)11-10-18(22)20-12-14-21(15-13-20)25(23,24)16-6-9-17-7-4-3-5-8-17/h3-5,7-8H,6,9-16H2,1-2H3. The van der Waals surface area contributed by atoms with Gasteiger partial charge in [-0.15, -0.1) is 0 Å². The van der Waals surface area contributed by atoms with E-state index in [0.29, 0.717) is 39.0 Å². The number of carbonyl (C=O) groups is 1. The van der Waals surface area contributed by atoms with E-state index < -0.39 is 10.0 Å². The van der Waals surface area contributed by atoms with Crippen molar-refractivity contribution in [2.24, 2.45) is 0 Å². The molecule has 0 saturated carbocycles. The van der Waals surface area contributed by atoms with Crippen LogP contribution in [0.25, 0.3) is 0 Å². The number of hydrogen-bond donors (Lipinski definition) is 0. The van der Waals surface area contributed by atoms with Crippen molar-refractivity contribution in [2.45, 2.75) is 19.3 Å². The molecular weight excluding hydrogens is 338 g/mol. The third-order valence-corrected chi connectivity index (χ3v) is 6.42. The topological polar surface area (TPSA) is 60.9 Å². The van der Waals surface area contributed by atoms with Crippen molar-refractivity contribution in [1.29, 1.82) is 0 Å². The number of hydrogen-bond acceptors (Lipinski definition) is 4. The molecule has 0 atom stereocenters. The van der Waals surface area contributed by atoms with Crippen LogP contribution >= 0.6 is 0 Å². The second kappa shape index (κ2) is 9.31. The highest BCUT2D eigenvalue weighted by atomic mass is 32.2. The predicted molar refractivity (Wildman–Crippen MR) is 99.9 cm³/mol. The van der Waals surface area contributed by atoms with Crippen molar-refractivity contribution < 1.29 is 13.2 Å². The lowest BCUT2D eigenvalue weighted by Crippen LogP contribution is -2.51. The number of carbonyl (C=O) groups excluding carboxylic acids is 1. The molecule has 0 unspecified atom stereocenters. The lowest BCUT2D eigenvalue weighted by molar-refractivity contribution is -0.132. The zero-order chi connectivity index (χ0) is 18.3. The lowest BCUT2D eigenvalue weighted by atomic mass is 10.1. The molecule has 0 aliphatic carbocycles. The highest BCUT2D eigenvalue weighted by molar-refractivity contribution is 7.89. The highest BCUT2D eigenvalue weighted by Gasteiger charge is 2.28. The molecule has 1 aliphatic heterocycles. The van der Waals surface area contributed by atoms with Crippen LogP contribution in [0, 0.1) is 0 Å². The summed E-state index contributed by atoms with van der Waals surface area (Å²) in [5, 5.41) is 0. The molecule has 1 aliphatic rings. The highest BCUT2D eigenvalue weighted by Crippen LogP contribution is 2.12. The maximum absolute atomic E-state index is 12.5. The first-order valence-electron chi connectivity index (χ1n) is 8.83. The molecule has 0 N–H and O–H groups in total. The van der Waals surface area contributed by atoms with Gasteiger partial charge in [0.2, 0.25) is 15.9 Å². The molecule has 1 amide bonds. The van der Waals surface area contributed by atoms with Crippen LogP contribution in [-0.4, -0.2) is 81.0 Å². The van der Waals surface area contributed by atoms with E-state index in [1.54, 1.807) is 4.90 Å². The Bertz CT molecular complexity index is 639. The summed E-state index contributed by atoms with van der Waals surface area (Å²) in [6.07, 6.45) is 1.87. The van der Waals surface area contributed by atoms with E-state index in [-0.39, 0.29) is 11.7 Å². The van der Waals surface area contributed by atoms with Gasteiger partial charge in [0.05, 0.1) is 5.75 Å². The molecule has 2 rings (SSSR count). The molecule has 7 heteroatoms. The van der Waals surface area contributed by atoms with Crippen molar-refractivity contribution in [1.82, 2.24) is 14.1 Å². The molecule has 6 nitrogen and oxygen atoms in total. The van der Waals surface area contributed by atoms with Crippen molar-refractivity contribution >= 4 is 15.9 Å². The Balaban J connectivity index is 1.75. The fourth-order valence-electron chi connectivity index (χ4n) is 2.93. The molecule has 0 spiro atoms. The number of sulfonamides is 1. The molecule has 1 aromatic rings. The summed E-state index contributed by atoms with van der Waals surface area (Å²) in [6.45, 7) is 2.51. The number of nitrogens with zero attached hydrogens (tertiary/aromatic N) is 3. The molecule has 1 fully saturated rings. The summed E-state index contributed by atoms with van der Waals surface area (Å²) in [5.41, 5.74) is 1.16. The molecule has 1 saturated heterocycles. The monoisotopic (exact) mass is 367 g/mol. The summed E-state index contributed by atoms with van der Waals surface area (Å²) < 4.78 is 26.5. The number of rotatable bonds is 8. The number of benzene rings is 1. The molecule has 0 aromatic heterocycles. The van der Waals surface area contributed by atoms with Gasteiger partial charge in [0, 0.05) is 39.1 Å². The normalized spacial score (nSPS) is 16.4. The van der Waals surface area contributed by atoms with Gasteiger partial charge < -0.3 is 9.80 Å². The van der Waals surface area contributed by atoms with Gasteiger partial charge in [-0.1, -0.05) is 30.3 Å². The van der Waals surface area contributed by atoms with Gasteiger partial charge >= 0.3 is 0 Å². The van der Waals surface area contributed by atoms with E-state index in [0.717, 1.165) is 18.5 Å². The average Bonchev–Trinajstić information content (AvgIpc) is 2.60. The molecule has 1 heterocycles. The summed E-state index contributed by atoms with van der Waals surface area (Å²) in [6, 6.07) is 9.93. The van der Waals surface area contributed by atoms with Crippen LogP contribution in [0.2, 0.25) is 0 Å². The van der Waals surface area contributed by atoms with Gasteiger partial charge in [0.1, 0.15) is 0 Å². The van der Waals surface area contributed by atoms with Crippen LogP contribution in [-0.2, 0) is 21.2 Å². The number of aryl methyl sites for hydroxylation is 1. The average molecular weight is 368 g/mol. The first-order valence-corrected chi connectivity index (χ1v) is 10.4. The van der Waals surface area contributed by atoms with Crippen molar-refractivity contribution in [3.05, 3.63) is 35.9 Å². The maximum Gasteiger partial charge on any atom is 0.223 e. The van der Waals surface area contributed by atoms with Gasteiger partial charge in [0.15, 0.2) is 0 Å². The Morgan fingerprint density at radius 3 is 2.32 bits per heavy atom. The SMILES string of the molecule is CN(C)CCC(=O)N1CCN(S(=O)(=O)CCCc2ccccc2)CC1. The molecule has 1 aromatic carbocycles. The first kappa shape index (κ1) is 19.9. The van der Waals surface area contributed by atoms with Gasteiger partial charge in [0.25, 0.3) is 0 Å². The summed E-state index contributed by atoms with van der Waals surface area (Å²) in [7, 11) is 0.634. The molecule has 25 heavy (non-hydrogen) atoms. The minimum Gasteiger partial charge on any atom is -0.340 e. The smallest absolute Gasteiger partial charge is 0.223 e. The Morgan fingerprint density at radius 2 is 1.72 bits per heavy atom. The zero-order valence-corrected chi connectivity index (χ0v) is 16.0. The fraction of sp³-hybridized carbons (Fsp3) is 0.611. The molecular formula is C18H29N3O3S. The quantitative estimate of drug-likeness (QED) is 0.689. The van der Waals surface area contributed by atoms with Gasteiger partial charge in [-0.2, -0.15) is 4.31 Å². The first-order chi connectivity index (χ1) is 11.9. The third kappa shape index (κ3) is 6.41. The maximum atomic E-state index is 12.5. The van der Waals surface area contributed by atoms with Crippen LogP contribution in [0.5, 0.6) is 0 Å². The molecule has 0 radical (unpaired) electrons. The van der Waals surface area contributed by atoms with Crippen molar-refractivity contribution in [3.8, 4) is 0 Å². The van der Waals surface area contributed by atoms with E-state index >= 15 is 0 Å². The van der Waals surface area contributed by atoms with E-state index in [4.69, 9.17) is 0 Å². The Kier molecular flexibility index (Phi) is 7.40. The van der Waals surface area contributed by atoms with Crippen LogP contribution in [0.4, 0.5) is 0 Å². The second-order valence-corrected chi connectivity index (χ2v) is 8.83.